The molecule has 0 radical (unpaired) electrons. The molecule has 1 unspecified atom stereocenters. The van der Waals surface area contributed by atoms with E-state index >= 15 is 0 Å². The molecule has 2 aromatic carbocycles. The Kier molecular flexibility index (Phi) is 7.68. The zero-order chi connectivity index (χ0) is 27.2. The molecule has 0 saturated carbocycles. The van der Waals surface area contributed by atoms with Gasteiger partial charge in [0.05, 0.1) is 11.4 Å². The first-order chi connectivity index (χ1) is 19.0. The summed E-state index contributed by atoms with van der Waals surface area (Å²) in [5.41, 5.74) is 8.08. The van der Waals surface area contributed by atoms with Crippen molar-refractivity contribution in [3.63, 3.8) is 0 Å². The zero-order valence-electron chi connectivity index (χ0n) is 21.2. The van der Waals surface area contributed by atoms with Crippen LogP contribution in [0.2, 0.25) is 0 Å². The number of aromatic nitrogens is 4. The highest BCUT2D eigenvalue weighted by molar-refractivity contribution is 5.90. The summed E-state index contributed by atoms with van der Waals surface area (Å²) in [6.45, 7) is 4.98. The average Bonchev–Trinajstić information content (AvgIpc) is 3.35. The maximum atomic E-state index is 14.4. The fourth-order valence-corrected chi connectivity index (χ4v) is 4.48. The van der Waals surface area contributed by atoms with Crippen molar-refractivity contribution in [2.45, 2.75) is 25.5 Å². The van der Waals surface area contributed by atoms with Crippen molar-refractivity contribution < 1.29 is 18.7 Å². The molecule has 3 heterocycles. The molecule has 5 rings (SSSR count). The van der Waals surface area contributed by atoms with Crippen molar-refractivity contribution in [3.05, 3.63) is 84.6 Å². The minimum Gasteiger partial charge on any atom is -0.489 e. The van der Waals surface area contributed by atoms with E-state index in [0.29, 0.717) is 42.2 Å². The number of benzene rings is 2. The number of carbonyl (C=O) groups excluding carboxylic acids is 1. The van der Waals surface area contributed by atoms with Gasteiger partial charge in [-0.1, -0.05) is 42.8 Å². The molecule has 1 aliphatic rings. The highest BCUT2D eigenvalue weighted by Crippen LogP contribution is 2.28. The molecule has 0 bridgehead atoms. The molecule has 4 aromatic rings. The lowest BCUT2D eigenvalue weighted by molar-refractivity contribution is -0.127. The molecule has 1 atom stereocenters. The summed E-state index contributed by atoms with van der Waals surface area (Å²) in [5.74, 6) is 5.97. The fourth-order valence-electron chi connectivity index (χ4n) is 4.48. The van der Waals surface area contributed by atoms with Gasteiger partial charge in [-0.15, -0.1) is 0 Å². The largest absolute Gasteiger partial charge is 0.489 e. The van der Waals surface area contributed by atoms with E-state index in [1.54, 1.807) is 15.6 Å². The van der Waals surface area contributed by atoms with Gasteiger partial charge in [0, 0.05) is 19.2 Å². The van der Waals surface area contributed by atoms with Crippen LogP contribution in [0.3, 0.4) is 0 Å². The number of nitrogens with two attached hydrogens (primary N) is 1. The van der Waals surface area contributed by atoms with Crippen molar-refractivity contribution in [1.82, 2.24) is 24.6 Å². The molecular formula is C29H27FN6O3. The molecule has 0 aliphatic carbocycles. The van der Waals surface area contributed by atoms with Gasteiger partial charge >= 0.3 is 0 Å². The first-order valence-electron chi connectivity index (χ1n) is 12.5. The second kappa shape index (κ2) is 11.6. The fraction of sp³-hybridized carbons (Fsp3) is 0.241. The van der Waals surface area contributed by atoms with E-state index in [9.17, 15) is 9.18 Å². The normalized spacial score (nSPS) is 14.9. The Morgan fingerprint density at radius 3 is 2.87 bits per heavy atom. The number of piperidine rings is 1. The Balaban J connectivity index is 1.31. The smallest absolute Gasteiger partial charge is 0.246 e. The van der Waals surface area contributed by atoms with Crippen LogP contribution in [0.25, 0.3) is 11.0 Å². The second-order valence-electron chi connectivity index (χ2n) is 8.99. The van der Waals surface area contributed by atoms with E-state index in [4.69, 9.17) is 15.2 Å². The third kappa shape index (κ3) is 5.83. The molecule has 2 aromatic heterocycles. The molecule has 39 heavy (non-hydrogen) atoms. The molecule has 0 spiro atoms. The Hall–Kier alpha value is -4.91. The van der Waals surface area contributed by atoms with Crippen LogP contribution in [0.5, 0.6) is 11.5 Å². The maximum Gasteiger partial charge on any atom is 0.246 e. The lowest BCUT2D eigenvalue weighted by Gasteiger charge is -2.32. The summed E-state index contributed by atoms with van der Waals surface area (Å²) in [6.07, 6.45) is 4.33. The number of nitrogen functional groups attached to an aromatic ring is 1. The molecule has 2 N–H and O–H groups in total. The van der Waals surface area contributed by atoms with Gasteiger partial charge in [-0.25, -0.2) is 19.0 Å². The van der Waals surface area contributed by atoms with Gasteiger partial charge in [-0.05, 0) is 42.5 Å². The number of halogens is 1. The van der Waals surface area contributed by atoms with E-state index in [2.05, 4.69) is 33.5 Å². The lowest BCUT2D eigenvalue weighted by atomic mass is 10.1. The molecule has 9 nitrogen and oxygen atoms in total. The third-order valence-corrected chi connectivity index (χ3v) is 6.40. The molecular weight excluding hydrogens is 499 g/mol. The summed E-state index contributed by atoms with van der Waals surface area (Å²) in [4.78, 5) is 22.4. The van der Waals surface area contributed by atoms with Gasteiger partial charge < -0.3 is 20.1 Å². The van der Waals surface area contributed by atoms with Gasteiger partial charge in [0.1, 0.15) is 36.8 Å². The van der Waals surface area contributed by atoms with Crippen LogP contribution in [0, 0.1) is 17.7 Å². The van der Waals surface area contributed by atoms with Crippen LogP contribution in [0.4, 0.5) is 10.2 Å². The average molecular weight is 527 g/mol. The summed E-state index contributed by atoms with van der Waals surface area (Å²) >= 11 is 0. The predicted octanol–water partition coefficient (Wildman–Crippen LogP) is 3.91. The summed E-state index contributed by atoms with van der Waals surface area (Å²) < 4.78 is 27.5. The minimum atomic E-state index is -0.521. The number of anilines is 1. The number of hydrogen-bond acceptors (Lipinski definition) is 7. The molecule has 198 valence electrons. The van der Waals surface area contributed by atoms with E-state index in [0.717, 1.165) is 18.4 Å². The van der Waals surface area contributed by atoms with Gasteiger partial charge in [0.2, 0.25) is 5.91 Å². The summed E-state index contributed by atoms with van der Waals surface area (Å²) in [6, 6.07) is 13.9. The third-order valence-electron chi connectivity index (χ3n) is 6.40. The highest BCUT2D eigenvalue weighted by atomic mass is 19.1. The monoisotopic (exact) mass is 526 g/mol. The Morgan fingerprint density at radius 2 is 2.05 bits per heavy atom. The van der Waals surface area contributed by atoms with Crippen molar-refractivity contribution >= 4 is 22.8 Å². The van der Waals surface area contributed by atoms with Gasteiger partial charge in [-0.3, -0.25) is 4.79 Å². The van der Waals surface area contributed by atoms with E-state index < -0.39 is 5.82 Å². The predicted molar refractivity (Wildman–Crippen MR) is 144 cm³/mol. The number of hydrogen-bond donors (Lipinski definition) is 1. The summed E-state index contributed by atoms with van der Waals surface area (Å²) in [5, 5.41) is 5.20. The standard InChI is InChI=1S/C29H27FN6O3/c1-2-26(37)35-14-6-10-21(17-35)36-29-27(28(31)32-19-33-29)24(34-36)11-7-15-38-25-16-22(12-13-23(25)30)39-18-20-8-4-3-5-9-20/h2-5,8-9,12-13,16,19,21H,1,6,10,14-15,17-18H2,(H2,31,32,33). The van der Waals surface area contributed by atoms with Gasteiger partial charge in [0.25, 0.3) is 0 Å². The molecule has 1 aliphatic heterocycles. The number of likely N-dealkylation sites (tertiary alicyclic amines) is 1. The van der Waals surface area contributed by atoms with Crippen molar-refractivity contribution in [2.24, 2.45) is 0 Å². The highest BCUT2D eigenvalue weighted by Gasteiger charge is 2.27. The number of rotatable bonds is 7. The van der Waals surface area contributed by atoms with Crippen LogP contribution in [-0.2, 0) is 11.4 Å². The van der Waals surface area contributed by atoms with Crippen LogP contribution in [0.15, 0.2) is 67.5 Å². The number of fused-ring (bicyclic) bond motifs is 1. The number of carbonyl (C=O) groups is 1. The number of ether oxygens (including phenoxy) is 2. The van der Waals surface area contributed by atoms with Crippen molar-refractivity contribution in [2.75, 3.05) is 25.4 Å². The first kappa shape index (κ1) is 25.7. The lowest BCUT2D eigenvalue weighted by Crippen LogP contribution is -2.40. The quantitative estimate of drug-likeness (QED) is 0.287. The Morgan fingerprint density at radius 1 is 1.21 bits per heavy atom. The van der Waals surface area contributed by atoms with Crippen molar-refractivity contribution in [3.8, 4) is 23.3 Å². The Bertz CT molecular complexity index is 1560. The van der Waals surface area contributed by atoms with Crippen LogP contribution in [0.1, 0.15) is 30.1 Å². The molecule has 1 saturated heterocycles. The van der Waals surface area contributed by atoms with Crippen LogP contribution < -0.4 is 15.2 Å². The summed E-state index contributed by atoms with van der Waals surface area (Å²) in [7, 11) is 0. The minimum absolute atomic E-state index is 0.0299. The number of amides is 1. The van der Waals surface area contributed by atoms with E-state index in [1.165, 1.54) is 24.5 Å². The van der Waals surface area contributed by atoms with Gasteiger partial charge in [0.15, 0.2) is 17.2 Å². The zero-order valence-corrected chi connectivity index (χ0v) is 21.2. The van der Waals surface area contributed by atoms with Gasteiger partial charge in [-0.2, -0.15) is 5.10 Å². The molecule has 1 amide bonds. The SMILES string of the molecule is C=CC(=O)N1CCCC(n2nc(C#CCOc3cc(OCc4ccccc4)ccc3F)c3c(N)ncnc32)C1. The maximum absolute atomic E-state index is 14.4. The number of nitrogens with zero attached hydrogens (tertiary/aromatic N) is 5. The topological polar surface area (TPSA) is 108 Å². The second-order valence-corrected chi connectivity index (χ2v) is 8.99. The van der Waals surface area contributed by atoms with E-state index in [-0.39, 0.29) is 30.1 Å². The van der Waals surface area contributed by atoms with Crippen LogP contribution in [-0.4, -0.2) is 50.3 Å². The van der Waals surface area contributed by atoms with E-state index in [1.807, 2.05) is 30.3 Å². The molecule has 1 fully saturated rings. The molecule has 10 heteroatoms. The Labute approximate surface area is 225 Å². The first-order valence-corrected chi connectivity index (χ1v) is 12.5. The van der Waals surface area contributed by atoms with Crippen molar-refractivity contribution in [1.29, 1.82) is 0 Å². The van der Waals surface area contributed by atoms with Crippen LogP contribution >= 0.6 is 0 Å².